The average Bonchev–Trinajstić information content (AvgIpc) is 3.14. The van der Waals surface area contributed by atoms with Crippen LogP contribution in [0.4, 0.5) is 0 Å². The van der Waals surface area contributed by atoms with E-state index in [2.05, 4.69) is 29.0 Å². The Kier molecular flexibility index (Phi) is 4.70. The van der Waals surface area contributed by atoms with E-state index in [-0.39, 0.29) is 5.41 Å². The Morgan fingerprint density at radius 1 is 1.15 bits per heavy atom. The van der Waals surface area contributed by atoms with Crippen LogP contribution >= 0.6 is 0 Å². The highest BCUT2D eigenvalue weighted by Crippen LogP contribution is 2.48. The number of hydrogen-bond donors (Lipinski definition) is 0. The van der Waals surface area contributed by atoms with Gasteiger partial charge >= 0.3 is 0 Å². The van der Waals surface area contributed by atoms with Crippen molar-refractivity contribution < 1.29 is 14.3 Å². The minimum atomic E-state index is -0.241. The van der Waals surface area contributed by atoms with Gasteiger partial charge in [-0.2, -0.15) is 0 Å². The summed E-state index contributed by atoms with van der Waals surface area (Å²) in [6, 6.07) is 8.80. The molecule has 5 nitrogen and oxygen atoms in total. The Hall–Kier alpha value is -1.59. The molecule has 4 rings (SSSR count). The van der Waals surface area contributed by atoms with Gasteiger partial charge in [0.05, 0.1) is 19.1 Å². The fourth-order valence-corrected chi connectivity index (χ4v) is 5.36. The van der Waals surface area contributed by atoms with Crippen LogP contribution in [0.3, 0.4) is 0 Å². The van der Waals surface area contributed by atoms with E-state index < -0.39 is 0 Å². The average molecular weight is 358 g/mol. The third-order valence-electron chi connectivity index (χ3n) is 6.82. The Labute approximate surface area is 156 Å². The van der Waals surface area contributed by atoms with E-state index in [1.54, 1.807) is 14.2 Å². The largest absolute Gasteiger partial charge is 0.497 e. The van der Waals surface area contributed by atoms with Crippen LogP contribution in [-0.2, 0) is 9.53 Å². The summed E-state index contributed by atoms with van der Waals surface area (Å²) in [6.45, 7) is 3.39. The molecule has 0 radical (unpaired) electrons. The maximum Gasteiger partial charge on any atom is 0.231 e. The SMILES string of the molecule is COCC1(C(=O)N2C[C@@H]3CN(C)[C@H](c4ccc(OC)cc4)[C@@H]3C2)CCC1. The summed E-state index contributed by atoms with van der Waals surface area (Å²) in [4.78, 5) is 17.8. The Balaban J connectivity index is 1.50. The van der Waals surface area contributed by atoms with Gasteiger partial charge in [0.2, 0.25) is 5.91 Å². The first kappa shape index (κ1) is 17.8. The van der Waals surface area contributed by atoms with Crippen LogP contribution in [0.1, 0.15) is 30.9 Å². The summed E-state index contributed by atoms with van der Waals surface area (Å²) in [5, 5.41) is 0. The minimum absolute atomic E-state index is 0.241. The Bertz CT molecular complexity index is 656. The number of carbonyl (C=O) groups is 1. The molecule has 3 fully saturated rings. The van der Waals surface area contributed by atoms with E-state index in [9.17, 15) is 4.79 Å². The third kappa shape index (κ3) is 2.81. The number of fused-ring (bicyclic) bond motifs is 1. The van der Waals surface area contributed by atoms with Crippen molar-refractivity contribution in [1.82, 2.24) is 9.80 Å². The molecule has 1 aliphatic carbocycles. The fourth-order valence-electron chi connectivity index (χ4n) is 5.36. The van der Waals surface area contributed by atoms with Gasteiger partial charge in [-0.1, -0.05) is 18.6 Å². The molecule has 0 bridgehead atoms. The van der Waals surface area contributed by atoms with Crippen molar-refractivity contribution in [3.63, 3.8) is 0 Å². The first-order valence-electron chi connectivity index (χ1n) is 9.70. The molecule has 0 N–H and O–H groups in total. The molecule has 2 aliphatic heterocycles. The van der Waals surface area contributed by atoms with Crippen molar-refractivity contribution in [2.24, 2.45) is 17.3 Å². The minimum Gasteiger partial charge on any atom is -0.497 e. The molecule has 1 saturated carbocycles. The van der Waals surface area contributed by atoms with Gasteiger partial charge in [0.25, 0.3) is 0 Å². The van der Waals surface area contributed by atoms with Gasteiger partial charge < -0.3 is 14.4 Å². The number of methoxy groups -OCH3 is 2. The van der Waals surface area contributed by atoms with Gasteiger partial charge in [-0.05, 0) is 43.5 Å². The quantitative estimate of drug-likeness (QED) is 0.811. The highest BCUT2D eigenvalue weighted by Gasteiger charge is 2.52. The molecule has 2 saturated heterocycles. The van der Waals surface area contributed by atoms with Crippen LogP contribution in [0.2, 0.25) is 0 Å². The van der Waals surface area contributed by atoms with Crippen LogP contribution < -0.4 is 4.74 Å². The molecule has 0 aromatic heterocycles. The van der Waals surface area contributed by atoms with E-state index in [0.717, 1.165) is 44.6 Å². The summed E-state index contributed by atoms with van der Waals surface area (Å²) in [7, 11) is 5.61. The molecular formula is C21H30N2O3. The lowest BCUT2D eigenvalue weighted by Gasteiger charge is -2.42. The number of benzene rings is 1. The zero-order chi connectivity index (χ0) is 18.3. The van der Waals surface area contributed by atoms with Gasteiger partial charge in [-0.3, -0.25) is 9.69 Å². The van der Waals surface area contributed by atoms with Crippen molar-refractivity contribution >= 4 is 5.91 Å². The van der Waals surface area contributed by atoms with Crippen LogP contribution in [0, 0.1) is 17.3 Å². The number of hydrogen-bond acceptors (Lipinski definition) is 4. The van der Waals surface area contributed by atoms with Gasteiger partial charge in [0.15, 0.2) is 0 Å². The van der Waals surface area contributed by atoms with E-state index in [0.29, 0.717) is 30.4 Å². The van der Waals surface area contributed by atoms with E-state index in [1.165, 1.54) is 5.56 Å². The Morgan fingerprint density at radius 3 is 2.46 bits per heavy atom. The van der Waals surface area contributed by atoms with Crippen molar-refractivity contribution in [3.05, 3.63) is 29.8 Å². The number of likely N-dealkylation sites (tertiary alicyclic amines) is 2. The second-order valence-electron chi connectivity index (χ2n) is 8.36. The molecule has 3 aliphatic rings. The summed E-state index contributed by atoms with van der Waals surface area (Å²) < 4.78 is 10.7. The number of rotatable bonds is 5. The molecule has 2 heterocycles. The van der Waals surface area contributed by atoms with E-state index >= 15 is 0 Å². The first-order chi connectivity index (χ1) is 12.6. The molecule has 1 aromatic carbocycles. The van der Waals surface area contributed by atoms with Crippen molar-refractivity contribution in [2.45, 2.75) is 25.3 Å². The molecule has 0 unspecified atom stereocenters. The standard InChI is InChI=1S/C21H30N2O3/c1-22-11-16-12-23(20(24)21(14-25-2)9-4-10-21)13-18(16)19(22)15-5-7-17(26-3)8-6-15/h5-8,16,18-19H,4,9-14H2,1-3H3/t16-,18+,19+/m0/s1. The number of nitrogens with zero attached hydrogens (tertiary/aromatic N) is 2. The summed E-state index contributed by atoms with van der Waals surface area (Å²) >= 11 is 0. The molecule has 5 heteroatoms. The maximum absolute atomic E-state index is 13.2. The lowest BCUT2D eigenvalue weighted by molar-refractivity contribution is -0.151. The molecule has 26 heavy (non-hydrogen) atoms. The molecule has 3 atom stereocenters. The zero-order valence-corrected chi connectivity index (χ0v) is 16.1. The highest BCUT2D eigenvalue weighted by atomic mass is 16.5. The summed E-state index contributed by atoms with van der Waals surface area (Å²) in [5.74, 6) is 2.30. The predicted octanol–water partition coefficient (Wildman–Crippen LogP) is 2.57. The van der Waals surface area contributed by atoms with Gasteiger partial charge in [0, 0.05) is 38.7 Å². The first-order valence-corrected chi connectivity index (χ1v) is 9.70. The molecule has 0 spiro atoms. The number of carbonyl (C=O) groups excluding carboxylic acids is 1. The normalized spacial score (nSPS) is 30.1. The third-order valence-corrected chi connectivity index (χ3v) is 6.82. The lowest BCUT2D eigenvalue weighted by Crippen LogP contribution is -2.50. The number of ether oxygens (including phenoxy) is 2. The predicted molar refractivity (Wildman–Crippen MR) is 100 cm³/mol. The Morgan fingerprint density at radius 2 is 1.88 bits per heavy atom. The van der Waals surface area contributed by atoms with Gasteiger partial charge in [0.1, 0.15) is 5.75 Å². The van der Waals surface area contributed by atoms with Crippen LogP contribution in [0.15, 0.2) is 24.3 Å². The summed E-state index contributed by atoms with van der Waals surface area (Å²) in [5.41, 5.74) is 1.08. The highest BCUT2D eigenvalue weighted by molar-refractivity contribution is 5.84. The van der Waals surface area contributed by atoms with Crippen LogP contribution in [0.25, 0.3) is 0 Å². The van der Waals surface area contributed by atoms with Crippen LogP contribution in [0.5, 0.6) is 5.75 Å². The second kappa shape index (κ2) is 6.86. The molecule has 142 valence electrons. The summed E-state index contributed by atoms with van der Waals surface area (Å²) in [6.07, 6.45) is 3.10. The number of amides is 1. The van der Waals surface area contributed by atoms with Crippen molar-refractivity contribution in [1.29, 1.82) is 0 Å². The second-order valence-corrected chi connectivity index (χ2v) is 8.36. The zero-order valence-electron chi connectivity index (χ0n) is 16.1. The van der Waals surface area contributed by atoms with Crippen LogP contribution in [-0.4, -0.2) is 63.2 Å². The van der Waals surface area contributed by atoms with Crippen molar-refractivity contribution in [3.8, 4) is 5.75 Å². The maximum atomic E-state index is 13.2. The molecular weight excluding hydrogens is 328 g/mol. The van der Waals surface area contributed by atoms with Gasteiger partial charge in [-0.25, -0.2) is 0 Å². The van der Waals surface area contributed by atoms with Gasteiger partial charge in [-0.15, -0.1) is 0 Å². The topological polar surface area (TPSA) is 42.0 Å². The van der Waals surface area contributed by atoms with E-state index in [1.807, 2.05) is 12.1 Å². The van der Waals surface area contributed by atoms with E-state index in [4.69, 9.17) is 9.47 Å². The van der Waals surface area contributed by atoms with Crippen molar-refractivity contribution in [2.75, 3.05) is 47.5 Å². The molecule has 1 aromatic rings. The monoisotopic (exact) mass is 358 g/mol. The molecule has 1 amide bonds. The smallest absolute Gasteiger partial charge is 0.231 e. The lowest BCUT2D eigenvalue weighted by atomic mass is 9.68. The fraction of sp³-hybridized carbons (Fsp3) is 0.667.